The molecule has 0 aromatic heterocycles. The number of rotatable bonds is 7. The number of ketones is 1. The summed E-state index contributed by atoms with van der Waals surface area (Å²) in [6, 6.07) is 20.6. The Kier molecular flexibility index (Phi) is 6.52. The number of carbonyl (C=O) groups excluding carboxylic acids is 2. The average molecular weight is 410 g/mol. The van der Waals surface area contributed by atoms with Crippen LogP contribution in [0.4, 0.5) is 5.69 Å². The van der Waals surface area contributed by atoms with Gasteiger partial charge in [-0.15, -0.1) is 0 Å². The topological polar surface area (TPSA) is 64.6 Å². The molecule has 0 saturated carbocycles. The highest BCUT2D eigenvalue weighted by atomic mass is 35.5. The summed E-state index contributed by atoms with van der Waals surface area (Å²) in [6.07, 6.45) is -0.794. The Morgan fingerprint density at radius 1 is 0.931 bits per heavy atom. The number of ether oxygens (including phenoxy) is 2. The van der Waals surface area contributed by atoms with E-state index in [1.807, 2.05) is 6.07 Å². The van der Waals surface area contributed by atoms with Crippen LogP contribution in [0.25, 0.3) is 0 Å². The summed E-state index contributed by atoms with van der Waals surface area (Å²) in [5, 5.41) is 3.17. The average Bonchev–Trinajstić information content (AvgIpc) is 2.75. The number of hydrogen-bond donors (Lipinski definition) is 1. The Hall–Kier alpha value is -3.31. The third-order valence-electron chi connectivity index (χ3n) is 4.24. The van der Waals surface area contributed by atoms with Gasteiger partial charge < -0.3 is 14.8 Å². The molecule has 0 aliphatic carbocycles. The maximum absolute atomic E-state index is 12.9. The van der Waals surface area contributed by atoms with E-state index in [2.05, 4.69) is 5.32 Å². The highest BCUT2D eigenvalue weighted by molar-refractivity contribution is 6.31. The first-order valence-electron chi connectivity index (χ1n) is 8.99. The summed E-state index contributed by atoms with van der Waals surface area (Å²) in [4.78, 5) is 25.5. The highest BCUT2D eigenvalue weighted by Crippen LogP contribution is 2.25. The van der Waals surface area contributed by atoms with Crippen LogP contribution in [-0.2, 0) is 4.79 Å². The van der Waals surface area contributed by atoms with Crippen molar-refractivity contribution >= 4 is 29.0 Å². The zero-order chi connectivity index (χ0) is 20.8. The second kappa shape index (κ2) is 9.26. The molecule has 3 rings (SSSR count). The number of hydrogen-bond acceptors (Lipinski definition) is 4. The number of halogens is 1. The van der Waals surface area contributed by atoms with E-state index in [0.29, 0.717) is 33.3 Å². The van der Waals surface area contributed by atoms with E-state index in [4.69, 9.17) is 21.1 Å². The van der Waals surface area contributed by atoms with Crippen LogP contribution in [0.2, 0.25) is 5.02 Å². The minimum absolute atomic E-state index is 0.232. The predicted molar refractivity (Wildman–Crippen MR) is 113 cm³/mol. The molecule has 5 nitrogen and oxygen atoms in total. The first kappa shape index (κ1) is 20.4. The van der Waals surface area contributed by atoms with Gasteiger partial charge in [-0.1, -0.05) is 48.0 Å². The summed E-state index contributed by atoms with van der Waals surface area (Å²) in [7, 11) is 1.56. The number of anilines is 1. The first-order valence-corrected chi connectivity index (χ1v) is 9.36. The Labute approximate surface area is 174 Å². The van der Waals surface area contributed by atoms with Gasteiger partial charge in [0.25, 0.3) is 5.91 Å². The van der Waals surface area contributed by atoms with Crippen molar-refractivity contribution in [2.75, 3.05) is 12.4 Å². The molecular formula is C23H20ClNO4. The molecule has 3 aromatic rings. The summed E-state index contributed by atoms with van der Waals surface area (Å²) in [6.45, 7) is 1.63. The lowest BCUT2D eigenvalue weighted by molar-refractivity contribution is -0.122. The summed E-state index contributed by atoms with van der Waals surface area (Å²) < 4.78 is 10.9. The van der Waals surface area contributed by atoms with Gasteiger partial charge >= 0.3 is 0 Å². The van der Waals surface area contributed by atoms with Gasteiger partial charge in [0.05, 0.1) is 12.8 Å². The van der Waals surface area contributed by atoms with E-state index in [1.54, 1.807) is 80.8 Å². The van der Waals surface area contributed by atoms with Crippen molar-refractivity contribution in [3.63, 3.8) is 0 Å². The third kappa shape index (κ3) is 5.15. The summed E-state index contributed by atoms with van der Waals surface area (Å²) >= 11 is 6.08. The van der Waals surface area contributed by atoms with Crippen molar-refractivity contribution in [3.05, 3.63) is 88.9 Å². The molecule has 0 aliphatic heterocycles. The zero-order valence-electron chi connectivity index (χ0n) is 16.0. The van der Waals surface area contributed by atoms with Gasteiger partial charge in [0.15, 0.2) is 11.9 Å². The molecule has 0 spiro atoms. The zero-order valence-corrected chi connectivity index (χ0v) is 16.8. The molecule has 3 aromatic carbocycles. The maximum atomic E-state index is 12.9. The third-order valence-corrected chi connectivity index (χ3v) is 4.48. The molecule has 148 valence electrons. The first-order chi connectivity index (χ1) is 14.0. The van der Waals surface area contributed by atoms with Crippen LogP contribution in [0.5, 0.6) is 11.5 Å². The normalized spacial score (nSPS) is 11.4. The number of amides is 1. The maximum Gasteiger partial charge on any atom is 0.265 e. The minimum atomic E-state index is -0.794. The number of methoxy groups -OCH3 is 1. The summed E-state index contributed by atoms with van der Waals surface area (Å²) in [5.74, 6) is 0.509. The van der Waals surface area contributed by atoms with Gasteiger partial charge in [-0.2, -0.15) is 0 Å². The van der Waals surface area contributed by atoms with Gasteiger partial charge in [-0.05, 0) is 37.3 Å². The fraction of sp³-hybridized carbons (Fsp3) is 0.130. The highest BCUT2D eigenvalue weighted by Gasteiger charge is 2.20. The van der Waals surface area contributed by atoms with Crippen LogP contribution >= 0.6 is 11.6 Å². The Morgan fingerprint density at radius 2 is 1.66 bits per heavy atom. The van der Waals surface area contributed by atoms with Crippen molar-refractivity contribution in [3.8, 4) is 11.5 Å². The lowest BCUT2D eigenvalue weighted by atomic mass is 10.0. The molecule has 0 aliphatic rings. The van der Waals surface area contributed by atoms with Crippen LogP contribution in [0.15, 0.2) is 72.8 Å². The molecule has 0 bridgehead atoms. The molecule has 1 N–H and O–H groups in total. The van der Waals surface area contributed by atoms with Gasteiger partial charge in [0.1, 0.15) is 11.5 Å². The van der Waals surface area contributed by atoms with E-state index in [0.717, 1.165) is 0 Å². The molecule has 29 heavy (non-hydrogen) atoms. The molecule has 1 amide bonds. The van der Waals surface area contributed by atoms with E-state index in [-0.39, 0.29) is 5.78 Å². The van der Waals surface area contributed by atoms with Crippen LogP contribution in [0.3, 0.4) is 0 Å². The van der Waals surface area contributed by atoms with Gasteiger partial charge in [0, 0.05) is 22.2 Å². The van der Waals surface area contributed by atoms with E-state index in [1.165, 1.54) is 0 Å². The Bertz CT molecular complexity index is 1020. The Morgan fingerprint density at radius 3 is 2.38 bits per heavy atom. The quantitative estimate of drug-likeness (QED) is 0.558. The van der Waals surface area contributed by atoms with Crippen LogP contribution in [0.1, 0.15) is 22.8 Å². The van der Waals surface area contributed by atoms with E-state index < -0.39 is 12.0 Å². The number of nitrogens with one attached hydrogen (secondary N) is 1. The molecule has 0 unspecified atom stereocenters. The monoisotopic (exact) mass is 409 g/mol. The van der Waals surface area contributed by atoms with Gasteiger partial charge in [0.2, 0.25) is 0 Å². The second-order valence-electron chi connectivity index (χ2n) is 6.31. The van der Waals surface area contributed by atoms with Crippen molar-refractivity contribution in [1.82, 2.24) is 0 Å². The molecule has 1 atom stereocenters. The number of carbonyl (C=O) groups is 2. The van der Waals surface area contributed by atoms with Gasteiger partial charge in [-0.25, -0.2) is 0 Å². The molecule has 0 fully saturated rings. The smallest absolute Gasteiger partial charge is 0.265 e. The lowest BCUT2D eigenvalue weighted by Gasteiger charge is -2.17. The molecule has 0 heterocycles. The van der Waals surface area contributed by atoms with Crippen molar-refractivity contribution < 1.29 is 19.1 Å². The molecular weight excluding hydrogens is 390 g/mol. The molecule has 0 radical (unpaired) electrons. The van der Waals surface area contributed by atoms with Gasteiger partial charge in [-0.3, -0.25) is 9.59 Å². The van der Waals surface area contributed by atoms with Crippen molar-refractivity contribution in [2.24, 2.45) is 0 Å². The van der Waals surface area contributed by atoms with E-state index in [9.17, 15) is 9.59 Å². The standard InChI is InChI=1S/C23H20ClNO4/c1-15(29-19-10-6-9-18(14-19)28-2)23(27)25-21-12-11-17(24)13-20(21)22(26)16-7-4-3-5-8-16/h3-15H,1-2H3,(H,25,27)/t15-/m0/s1. The minimum Gasteiger partial charge on any atom is -0.497 e. The predicted octanol–water partition coefficient (Wildman–Crippen LogP) is 4.99. The van der Waals surface area contributed by atoms with Crippen LogP contribution in [0, 0.1) is 0 Å². The van der Waals surface area contributed by atoms with Crippen LogP contribution in [-0.4, -0.2) is 24.9 Å². The van der Waals surface area contributed by atoms with Crippen molar-refractivity contribution in [1.29, 1.82) is 0 Å². The second-order valence-corrected chi connectivity index (χ2v) is 6.75. The Balaban J connectivity index is 1.78. The SMILES string of the molecule is COc1cccc(O[C@@H](C)C(=O)Nc2ccc(Cl)cc2C(=O)c2ccccc2)c1. The largest absolute Gasteiger partial charge is 0.497 e. The summed E-state index contributed by atoms with van der Waals surface area (Å²) in [5.41, 5.74) is 1.19. The van der Waals surface area contributed by atoms with Crippen LogP contribution < -0.4 is 14.8 Å². The molecule has 0 saturated heterocycles. The fourth-order valence-electron chi connectivity index (χ4n) is 2.72. The molecule has 6 heteroatoms. The fourth-order valence-corrected chi connectivity index (χ4v) is 2.90. The van der Waals surface area contributed by atoms with Crippen molar-refractivity contribution in [2.45, 2.75) is 13.0 Å². The van der Waals surface area contributed by atoms with E-state index >= 15 is 0 Å². The number of benzene rings is 3. The lowest BCUT2D eigenvalue weighted by Crippen LogP contribution is -2.30.